The van der Waals surface area contributed by atoms with Crippen LogP contribution in [-0.2, 0) is 43.0 Å². The van der Waals surface area contributed by atoms with Crippen LogP contribution in [0.25, 0.3) is 0 Å². The largest absolute Gasteiger partial charge is 0.481 e. The van der Waals surface area contributed by atoms with Gasteiger partial charge in [0.2, 0.25) is 0 Å². The number of unbranched alkanes of at least 4 members (excludes halogenated alkanes) is 57. The van der Waals surface area contributed by atoms with Gasteiger partial charge in [0.15, 0.2) is 0 Å². The van der Waals surface area contributed by atoms with Gasteiger partial charge in [0.1, 0.15) is 18.7 Å². The van der Waals surface area contributed by atoms with Crippen molar-refractivity contribution < 1.29 is 63.4 Å². The van der Waals surface area contributed by atoms with E-state index in [9.17, 15) is 44.1 Å². The average molecular weight is 1790 g/mol. The summed E-state index contributed by atoms with van der Waals surface area (Å²) >= 11 is 0. The minimum absolute atomic E-state index is 0. The second-order valence-corrected chi connectivity index (χ2v) is 37.1. The van der Waals surface area contributed by atoms with Crippen molar-refractivity contribution in [3.05, 3.63) is 36.5 Å². The number of esters is 3. The molecule has 126 heavy (non-hydrogen) atoms. The number of ether oxygens (including phenoxy) is 3. The normalized spacial score (nSPS) is 12.6. The van der Waals surface area contributed by atoms with E-state index in [0.29, 0.717) is 25.7 Å². The molecule has 0 bridgehead atoms. The number of hydrogen-bond acceptors (Lipinski definition) is 12. The van der Waals surface area contributed by atoms with Crippen LogP contribution in [0.5, 0.6) is 0 Å². The van der Waals surface area contributed by atoms with E-state index in [1.807, 2.05) is 13.8 Å². The maximum Gasteiger partial charge on any atom is 0.306 e. The van der Waals surface area contributed by atoms with Crippen LogP contribution in [0.2, 0.25) is 0 Å². The molecule has 0 saturated heterocycles. The summed E-state index contributed by atoms with van der Waals surface area (Å²) in [6.45, 7) is 21.7. The van der Waals surface area contributed by atoms with E-state index in [-0.39, 0.29) is 62.0 Å². The maximum atomic E-state index is 12.6. The van der Waals surface area contributed by atoms with Gasteiger partial charge in [-0.3, -0.25) is 19.2 Å². The molecule has 0 amide bonds. The molecule has 6 unspecified atom stereocenters. The van der Waals surface area contributed by atoms with Crippen molar-refractivity contribution in [3.8, 4) is 0 Å². The summed E-state index contributed by atoms with van der Waals surface area (Å²) in [5, 5.41) is 38.3. The number of aliphatic carboxylic acids is 1. The van der Waals surface area contributed by atoms with Crippen molar-refractivity contribution in [1.29, 1.82) is 0 Å². The molecule has 0 spiro atoms. The summed E-state index contributed by atoms with van der Waals surface area (Å²) in [5.74, 6) is -0.751. The number of aliphatic hydroxyl groups excluding tert-OH is 3. The first kappa shape index (κ1) is 133. The molecular weight excluding hydrogens is 1570 g/mol. The highest BCUT2D eigenvalue weighted by atomic mass is 16.6. The zero-order valence-electron chi connectivity index (χ0n) is 84.9. The number of hydrogen-bond donors (Lipinski definition) is 4. The Hall–Kier alpha value is -3.68. The lowest BCUT2D eigenvalue weighted by Gasteiger charge is -2.16. The molecule has 0 heterocycles. The van der Waals surface area contributed by atoms with E-state index in [2.05, 4.69) is 91.8 Å². The lowest BCUT2D eigenvalue weighted by molar-refractivity contribution is -0.150. The first-order valence-corrected chi connectivity index (χ1v) is 54.7. The van der Waals surface area contributed by atoms with Crippen LogP contribution in [0.3, 0.4) is 0 Å². The topological polar surface area (TPSA) is 211 Å². The molecular formula is C113H220O13. The number of carboxylic acids is 1. The van der Waals surface area contributed by atoms with Gasteiger partial charge in [-0.2, -0.15) is 0 Å². The quantitative estimate of drug-likeness (QED) is 0.0147. The van der Waals surface area contributed by atoms with Crippen molar-refractivity contribution in [1.82, 2.24) is 0 Å². The molecule has 13 heteroatoms. The Morgan fingerprint density at radius 1 is 0.238 bits per heavy atom. The average Bonchev–Trinajstić information content (AvgIpc) is 0.969. The summed E-state index contributed by atoms with van der Waals surface area (Å²) in [4.78, 5) is 66.9. The molecule has 0 aliphatic carbocycles. The standard InChI is InChI=1S/C44H82O5.C26H52O3.C18H36O2.C12H22O2.C12H24O.CH4/c1-5-8-11-26-33-40(4)48-43(46)38-31-24-20-17-15-19-23-30-37-42(36-29-13-10-7-3)49-44(47)39-32-25-21-16-14-18-22-28-35-41(45)34-27-12-9-6-2;1-4-6-8-16-20-24(3)29-26(28)23-19-15-13-11-10-12-14-18-22-25(27)21-17-9-7-5-2;1-2-3-4-12-15-18(20)16-13-10-8-6-5-7-9-11-14-17-19;1-2-3-4-5-6-7-8-9-10-11-12(13)14;1-2-3-4-5-6-7-8-9-10-11-12-13;/h22-23,28,30,40-42,45H,5-21,24-27,29,31-39H2,1-4H3;24-25,27H,4-23H2,1-3H3;17-18,20H,2-16H2,1H3;3-4H,2,5-11H2,1H3,(H,13,14);12H,2-11H2,1H3;1H4/b28-22+,30-23+;;;4-3+;;. The predicted octanol–water partition coefficient (Wildman–Crippen LogP) is 35.5. The third-order valence-corrected chi connectivity index (χ3v) is 24.0. The molecule has 0 rings (SSSR count). The molecule has 13 nitrogen and oxygen atoms in total. The lowest BCUT2D eigenvalue weighted by Crippen LogP contribution is -2.17. The molecule has 0 aliphatic rings. The van der Waals surface area contributed by atoms with Crippen molar-refractivity contribution >= 4 is 36.4 Å². The Balaban J connectivity index is -0.000000394. The van der Waals surface area contributed by atoms with Crippen LogP contribution in [0, 0.1) is 0 Å². The molecule has 0 aliphatic heterocycles. The van der Waals surface area contributed by atoms with E-state index >= 15 is 0 Å². The number of allylic oxidation sites excluding steroid dienone is 4. The Kier molecular flexibility index (Phi) is 126. The van der Waals surface area contributed by atoms with Gasteiger partial charge in [-0.25, -0.2) is 0 Å². The molecule has 0 aromatic heterocycles. The number of carbonyl (C=O) groups is 6. The van der Waals surface area contributed by atoms with Crippen molar-refractivity contribution in [2.45, 2.75) is 653 Å². The Bertz CT molecular complexity index is 2200. The summed E-state index contributed by atoms with van der Waals surface area (Å²) < 4.78 is 17.0. The van der Waals surface area contributed by atoms with Gasteiger partial charge in [0.25, 0.3) is 0 Å². The van der Waals surface area contributed by atoms with Crippen LogP contribution in [0.15, 0.2) is 36.5 Å². The van der Waals surface area contributed by atoms with Gasteiger partial charge in [-0.15, -0.1) is 0 Å². The van der Waals surface area contributed by atoms with Gasteiger partial charge in [-0.1, -0.05) is 433 Å². The number of carboxylic acid groups (broad SMARTS) is 1. The zero-order chi connectivity index (χ0) is 92.9. The van der Waals surface area contributed by atoms with Crippen molar-refractivity contribution in [3.63, 3.8) is 0 Å². The SMILES string of the molecule is C.CC/C=C/CCCCCCCC(=O)O.CCCCCCC(O)C/C=C/CCCCCCCC(=O)OC(C/C=C/CCCCCCCC(=O)OC(C)CCCCCC)CCCCCC.CCCCCCC(O)CCCCCCCCCCC(=O)OC(C)CCCCCC.CCCCCCC(O)CCCCCCCCCCC=O.CCCCCCCCCCCC=O. The molecule has 4 N–H and O–H groups in total. The van der Waals surface area contributed by atoms with Crippen LogP contribution in [0.1, 0.15) is 616 Å². The molecule has 0 radical (unpaired) electrons. The minimum Gasteiger partial charge on any atom is -0.481 e. The second kappa shape index (κ2) is 119. The lowest BCUT2D eigenvalue weighted by atomic mass is 10.0. The Morgan fingerprint density at radius 2 is 0.460 bits per heavy atom. The van der Waals surface area contributed by atoms with E-state index < -0.39 is 5.97 Å². The summed E-state index contributed by atoms with van der Waals surface area (Å²) in [5.41, 5.74) is 0. The predicted molar refractivity (Wildman–Crippen MR) is 546 cm³/mol. The number of aliphatic hydroxyl groups is 3. The van der Waals surface area contributed by atoms with Gasteiger partial charge in [0.05, 0.1) is 30.5 Å². The molecule has 750 valence electrons. The van der Waals surface area contributed by atoms with Crippen molar-refractivity contribution in [2.75, 3.05) is 0 Å². The van der Waals surface area contributed by atoms with Gasteiger partial charge < -0.3 is 44.2 Å². The summed E-state index contributed by atoms with van der Waals surface area (Å²) in [7, 11) is 0. The van der Waals surface area contributed by atoms with Crippen LogP contribution < -0.4 is 0 Å². The van der Waals surface area contributed by atoms with Crippen LogP contribution in [0.4, 0.5) is 0 Å². The molecule has 6 atom stereocenters. The number of rotatable bonds is 94. The molecule has 0 aromatic carbocycles. The van der Waals surface area contributed by atoms with Gasteiger partial charge in [0, 0.05) is 44.9 Å². The smallest absolute Gasteiger partial charge is 0.306 e. The van der Waals surface area contributed by atoms with Crippen LogP contribution >= 0.6 is 0 Å². The Morgan fingerprint density at radius 3 is 0.754 bits per heavy atom. The second-order valence-electron chi connectivity index (χ2n) is 37.1. The highest BCUT2D eigenvalue weighted by molar-refractivity contribution is 5.70. The molecule has 0 fully saturated rings. The highest BCUT2D eigenvalue weighted by Gasteiger charge is 2.15. The Labute approximate surface area is 784 Å². The zero-order valence-corrected chi connectivity index (χ0v) is 84.9. The fraction of sp³-hybridized carbons (Fsp3) is 0.894. The van der Waals surface area contributed by atoms with E-state index in [1.54, 1.807) is 0 Å². The summed E-state index contributed by atoms with van der Waals surface area (Å²) in [6.07, 6.45) is 110. The van der Waals surface area contributed by atoms with E-state index in [4.69, 9.17) is 19.3 Å². The van der Waals surface area contributed by atoms with E-state index in [1.165, 1.54) is 308 Å². The maximum absolute atomic E-state index is 12.6. The van der Waals surface area contributed by atoms with E-state index in [0.717, 1.165) is 218 Å². The fourth-order valence-electron chi connectivity index (χ4n) is 15.6. The minimum atomic E-state index is -0.670. The first-order valence-electron chi connectivity index (χ1n) is 54.7. The molecule has 0 saturated carbocycles. The molecule has 0 aromatic rings. The third-order valence-electron chi connectivity index (χ3n) is 24.0. The highest BCUT2D eigenvalue weighted by Crippen LogP contribution is 2.22. The monoisotopic (exact) mass is 1790 g/mol. The number of aldehydes is 2. The van der Waals surface area contributed by atoms with Crippen LogP contribution in [-0.4, -0.2) is 93.5 Å². The fourth-order valence-corrected chi connectivity index (χ4v) is 15.6. The first-order chi connectivity index (χ1) is 61.0. The van der Waals surface area contributed by atoms with Gasteiger partial charge >= 0.3 is 23.9 Å². The third kappa shape index (κ3) is 127. The number of carbonyl (C=O) groups excluding carboxylic acids is 5. The van der Waals surface area contributed by atoms with Crippen molar-refractivity contribution in [2.24, 2.45) is 0 Å². The summed E-state index contributed by atoms with van der Waals surface area (Å²) in [6, 6.07) is 0. The van der Waals surface area contributed by atoms with Gasteiger partial charge in [-0.05, 0) is 174 Å².